The second-order valence-electron chi connectivity index (χ2n) is 4.35. The second-order valence-corrected chi connectivity index (χ2v) is 4.35. The highest BCUT2D eigenvalue weighted by molar-refractivity contribution is 5.91. The molecule has 0 aliphatic carbocycles. The highest BCUT2D eigenvalue weighted by Gasteiger charge is 2.29. The lowest BCUT2D eigenvalue weighted by Gasteiger charge is -2.28. The molecule has 0 bridgehead atoms. The monoisotopic (exact) mass is 261 g/mol. The maximum absolute atomic E-state index is 12.0. The molecule has 1 aromatic heterocycles. The Hall–Kier alpha value is -2.41. The summed E-state index contributed by atoms with van der Waals surface area (Å²) in [5, 5.41) is 18.3. The van der Waals surface area contributed by atoms with Crippen LogP contribution in [0.3, 0.4) is 0 Å². The minimum Gasteiger partial charge on any atom is -0.394 e. The molecule has 0 fully saturated rings. The molecule has 0 spiro atoms. The fourth-order valence-corrected chi connectivity index (χ4v) is 1.70. The smallest absolute Gasteiger partial charge is 0.289 e. The predicted molar refractivity (Wildman–Crippen MR) is 69.1 cm³/mol. The van der Waals surface area contributed by atoms with E-state index in [1.807, 2.05) is 30.3 Å². The van der Waals surface area contributed by atoms with E-state index in [0.717, 1.165) is 5.56 Å². The highest BCUT2D eigenvalue weighted by atomic mass is 16.3. The van der Waals surface area contributed by atoms with Crippen molar-refractivity contribution in [2.75, 3.05) is 12.3 Å². The van der Waals surface area contributed by atoms with Crippen molar-refractivity contribution in [3.8, 4) is 0 Å². The van der Waals surface area contributed by atoms with Crippen LogP contribution in [0.2, 0.25) is 0 Å². The van der Waals surface area contributed by atoms with Crippen molar-refractivity contribution < 1.29 is 9.90 Å². The number of aromatic amines is 1. The average molecular weight is 261 g/mol. The number of nitrogens with zero attached hydrogens (tertiary/aromatic N) is 2. The highest BCUT2D eigenvalue weighted by Crippen LogP contribution is 2.20. The van der Waals surface area contributed by atoms with Gasteiger partial charge in [-0.3, -0.25) is 9.89 Å². The number of aromatic nitrogens is 3. The van der Waals surface area contributed by atoms with E-state index in [-0.39, 0.29) is 18.4 Å². The number of carbonyl (C=O) groups is 1. The van der Waals surface area contributed by atoms with Crippen molar-refractivity contribution in [3.05, 3.63) is 41.7 Å². The van der Waals surface area contributed by atoms with Crippen molar-refractivity contribution in [3.63, 3.8) is 0 Å². The van der Waals surface area contributed by atoms with Gasteiger partial charge in [-0.05, 0) is 12.5 Å². The molecule has 100 valence electrons. The number of aliphatic hydroxyl groups excluding tert-OH is 1. The van der Waals surface area contributed by atoms with Gasteiger partial charge in [0, 0.05) is 0 Å². The van der Waals surface area contributed by atoms with Crippen molar-refractivity contribution in [2.45, 2.75) is 12.5 Å². The molecule has 7 nitrogen and oxygen atoms in total. The molecule has 0 saturated heterocycles. The summed E-state index contributed by atoms with van der Waals surface area (Å²) in [6.07, 6.45) is 0. The molecular weight excluding hydrogens is 246 g/mol. The van der Waals surface area contributed by atoms with Crippen molar-refractivity contribution >= 4 is 11.9 Å². The molecule has 2 aromatic rings. The van der Waals surface area contributed by atoms with Gasteiger partial charge in [0.25, 0.3) is 5.91 Å². The number of nitrogens with two attached hydrogens (primary N) is 1. The average Bonchev–Trinajstić information content (AvgIpc) is 2.86. The third-order valence-corrected chi connectivity index (χ3v) is 2.83. The molecule has 1 atom stereocenters. The lowest BCUT2D eigenvalue weighted by Crippen LogP contribution is -2.46. The molecule has 1 aromatic carbocycles. The Labute approximate surface area is 109 Å². The van der Waals surface area contributed by atoms with Gasteiger partial charge >= 0.3 is 0 Å². The fraction of sp³-hybridized carbons (Fsp3) is 0.250. The van der Waals surface area contributed by atoms with E-state index >= 15 is 0 Å². The molecule has 2 rings (SSSR count). The van der Waals surface area contributed by atoms with Crippen LogP contribution in [0, 0.1) is 0 Å². The summed E-state index contributed by atoms with van der Waals surface area (Å²) in [7, 11) is 0. The SMILES string of the molecule is CC(CO)(NC(=O)c1nc(N)n[nH]1)c1ccccc1. The van der Waals surface area contributed by atoms with Gasteiger partial charge in [-0.2, -0.15) is 4.98 Å². The quantitative estimate of drug-likeness (QED) is 0.619. The summed E-state index contributed by atoms with van der Waals surface area (Å²) in [6, 6.07) is 9.18. The summed E-state index contributed by atoms with van der Waals surface area (Å²) in [5.41, 5.74) is 5.23. The standard InChI is InChI=1S/C12H15N5O2/c1-12(7-18,8-5-3-2-4-6-8)15-10(19)9-14-11(13)17-16-9/h2-6,18H,7H2,1H3,(H,15,19)(H3,13,14,16,17). The van der Waals surface area contributed by atoms with E-state index in [2.05, 4.69) is 20.5 Å². The number of amides is 1. The van der Waals surface area contributed by atoms with Crippen molar-refractivity contribution in [1.29, 1.82) is 0 Å². The Bertz CT molecular complexity index is 569. The number of hydrogen-bond acceptors (Lipinski definition) is 5. The largest absolute Gasteiger partial charge is 0.394 e. The molecule has 1 amide bonds. The Morgan fingerprint density at radius 2 is 2.16 bits per heavy atom. The van der Waals surface area contributed by atoms with Gasteiger partial charge in [0.15, 0.2) is 0 Å². The summed E-state index contributed by atoms with van der Waals surface area (Å²) >= 11 is 0. The Morgan fingerprint density at radius 1 is 1.47 bits per heavy atom. The van der Waals surface area contributed by atoms with Crippen LogP contribution >= 0.6 is 0 Å². The summed E-state index contributed by atoms with van der Waals surface area (Å²) in [6.45, 7) is 1.48. The third-order valence-electron chi connectivity index (χ3n) is 2.83. The number of anilines is 1. The van der Waals surface area contributed by atoms with Gasteiger partial charge in [0.05, 0.1) is 12.1 Å². The maximum Gasteiger partial charge on any atom is 0.289 e. The van der Waals surface area contributed by atoms with Gasteiger partial charge in [-0.25, -0.2) is 0 Å². The van der Waals surface area contributed by atoms with Gasteiger partial charge in [-0.1, -0.05) is 30.3 Å². The van der Waals surface area contributed by atoms with E-state index in [9.17, 15) is 9.90 Å². The molecule has 19 heavy (non-hydrogen) atoms. The molecule has 0 radical (unpaired) electrons. The van der Waals surface area contributed by atoms with Crippen LogP contribution < -0.4 is 11.1 Å². The topological polar surface area (TPSA) is 117 Å². The maximum atomic E-state index is 12.0. The zero-order valence-electron chi connectivity index (χ0n) is 10.4. The van der Waals surface area contributed by atoms with Gasteiger partial charge in [0.1, 0.15) is 0 Å². The first kappa shape index (κ1) is 13.0. The van der Waals surface area contributed by atoms with Crippen LogP contribution in [0.15, 0.2) is 30.3 Å². The minimum absolute atomic E-state index is 0.00411. The number of nitrogen functional groups attached to an aromatic ring is 1. The van der Waals surface area contributed by atoms with Crippen LogP contribution in [-0.2, 0) is 5.54 Å². The molecule has 1 unspecified atom stereocenters. The first-order valence-electron chi connectivity index (χ1n) is 5.72. The van der Waals surface area contributed by atoms with E-state index in [4.69, 9.17) is 5.73 Å². The summed E-state index contributed by atoms with van der Waals surface area (Å²) < 4.78 is 0. The molecule has 7 heteroatoms. The predicted octanol–water partition coefficient (Wildman–Crippen LogP) is 0.0244. The van der Waals surface area contributed by atoms with Gasteiger partial charge in [0.2, 0.25) is 11.8 Å². The molecule has 0 saturated carbocycles. The van der Waals surface area contributed by atoms with Crippen LogP contribution in [0.1, 0.15) is 23.1 Å². The van der Waals surface area contributed by atoms with Crippen LogP contribution in [-0.4, -0.2) is 32.8 Å². The van der Waals surface area contributed by atoms with Gasteiger partial charge in [-0.15, -0.1) is 5.10 Å². The van der Waals surface area contributed by atoms with Crippen molar-refractivity contribution in [1.82, 2.24) is 20.5 Å². The van der Waals surface area contributed by atoms with Crippen LogP contribution in [0.4, 0.5) is 5.95 Å². The van der Waals surface area contributed by atoms with E-state index in [0.29, 0.717) is 0 Å². The first-order chi connectivity index (χ1) is 9.05. The Balaban J connectivity index is 2.22. The fourth-order valence-electron chi connectivity index (χ4n) is 1.70. The summed E-state index contributed by atoms with van der Waals surface area (Å²) in [4.78, 5) is 15.7. The number of H-pyrrole nitrogens is 1. The van der Waals surface area contributed by atoms with E-state index in [1.54, 1.807) is 6.92 Å². The van der Waals surface area contributed by atoms with Crippen LogP contribution in [0.5, 0.6) is 0 Å². The Kier molecular flexibility index (Phi) is 3.48. The molecule has 0 aliphatic rings. The van der Waals surface area contributed by atoms with Gasteiger partial charge < -0.3 is 16.2 Å². The first-order valence-corrected chi connectivity index (χ1v) is 5.72. The second kappa shape index (κ2) is 5.07. The zero-order chi connectivity index (χ0) is 13.9. The number of benzene rings is 1. The van der Waals surface area contributed by atoms with Crippen LogP contribution in [0.25, 0.3) is 0 Å². The number of rotatable bonds is 4. The number of hydrogen-bond donors (Lipinski definition) is 4. The lowest BCUT2D eigenvalue weighted by atomic mass is 9.93. The number of nitrogens with one attached hydrogen (secondary N) is 2. The molecule has 0 aliphatic heterocycles. The third kappa shape index (κ3) is 2.71. The normalized spacial score (nSPS) is 13.8. The van der Waals surface area contributed by atoms with Crippen molar-refractivity contribution in [2.24, 2.45) is 0 Å². The molecular formula is C12H15N5O2. The summed E-state index contributed by atoms with van der Waals surface area (Å²) in [5.74, 6) is -0.478. The molecule has 5 N–H and O–H groups in total. The zero-order valence-corrected chi connectivity index (χ0v) is 10.4. The molecule has 1 heterocycles. The van der Waals surface area contributed by atoms with E-state index < -0.39 is 11.4 Å². The Morgan fingerprint density at radius 3 is 2.68 bits per heavy atom. The number of aliphatic hydroxyl groups is 1. The van der Waals surface area contributed by atoms with E-state index in [1.165, 1.54) is 0 Å². The lowest BCUT2D eigenvalue weighted by molar-refractivity contribution is 0.0839. The minimum atomic E-state index is -0.903. The number of carbonyl (C=O) groups excluding carboxylic acids is 1.